The number of amides is 1. The summed E-state index contributed by atoms with van der Waals surface area (Å²) in [5.41, 5.74) is 3.32. The number of nitrogens with zero attached hydrogens (tertiary/aromatic N) is 2. The largest absolute Gasteiger partial charge is 0.350 e. The summed E-state index contributed by atoms with van der Waals surface area (Å²) in [5.74, 6) is 0.405. The van der Waals surface area contributed by atoms with E-state index in [0.29, 0.717) is 12.5 Å². The maximum Gasteiger partial charge on any atom is 0.251 e. The molecule has 1 aromatic carbocycles. The minimum atomic E-state index is -0.438. The van der Waals surface area contributed by atoms with Gasteiger partial charge < -0.3 is 10.6 Å². The van der Waals surface area contributed by atoms with Crippen LogP contribution in [0.1, 0.15) is 48.0 Å². The molecule has 3 aliphatic rings. The van der Waals surface area contributed by atoms with Gasteiger partial charge in [0.05, 0.1) is 0 Å². The number of aromatic nitrogens is 1. The first-order valence-electron chi connectivity index (χ1n) is 11.2. The minimum absolute atomic E-state index is 0.0576. The van der Waals surface area contributed by atoms with Crippen LogP contribution in [0.25, 0.3) is 0 Å². The van der Waals surface area contributed by atoms with E-state index in [1.165, 1.54) is 31.5 Å². The molecule has 0 radical (unpaired) electrons. The first kappa shape index (κ1) is 19.5. The van der Waals surface area contributed by atoms with Gasteiger partial charge in [-0.05, 0) is 49.5 Å². The third kappa shape index (κ3) is 3.82. The zero-order valence-electron chi connectivity index (χ0n) is 17.3. The van der Waals surface area contributed by atoms with Crippen molar-refractivity contribution in [1.29, 1.82) is 0 Å². The number of piperidine rings is 1. The lowest BCUT2D eigenvalue weighted by atomic mass is 9.79. The SMILES string of the molecule is O=C(NCc1ccc(CN2CCCC2)cc1)[C@H]1[C@@H]2CNC[C@@H](C2)c2cccc(=O)n21. The van der Waals surface area contributed by atoms with Gasteiger partial charge in [0.25, 0.3) is 5.56 Å². The van der Waals surface area contributed by atoms with Crippen LogP contribution in [0, 0.1) is 5.92 Å². The topological polar surface area (TPSA) is 66.4 Å². The van der Waals surface area contributed by atoms with Gasteiger partial charge in [0.1, 0.15) is 6.04 Å². The Labute approximate surface area is 177 Å². The summed E-state index contributed by atoms with van der Waals surface area (Å²) in [6, 6.07) is 13.5. The van der Waals surface area contributed by atoms with Crippen LogP contribution in [-0.2, 0) is 17.9 Å². The second-order valence-corrected chi connectivity index (χ2v) is 8.97. The van der Waals surface area contributed by atoms with Crippen molar-refractivity contribution in [2.24, 2.45) is 5.92 Å². The van der Waals surface area contributed by atoms with Crippen LogP contribution in [0.4, 0.5) is 0 Å². The van der Waals surface area contributed by atoms with E-state index < -0.39 is 6.04 Å². The van der Waals surface area contributed by atoms with Crippen LogP contribution in [0.2, 0.25) is 0 Å². The Hall–Kier alpha value is -2.44. The summed E-state index contributed by atoms with van der Waals surface area (Å²) in [6.07, 6.45) is 3.56. The molecule has 3 atom stereocenters. The molecule has 2 aromatic rings. The molecule has 1 aromatic heterocycles. The van der Waals surface area contributed by atoms with Crippen LogP contribution in [0.3, 0.4) is 0 Å². The molecule has 2 bridgehead atoms. The normalized spacial score (nSPS) is 25.7. The van der Waals surface area contributed by atoms with E-state index in [0.717, 1.165) is 37.3 Å². The van der Waals surface area contributed by atoms with Crippen LogP contribution < -0.4 is 16.2 Å². The molecular weight excluding hydrogens is 376 g/mol. The van der Waals surface area contributed by atoms with E-state index in [2.05, 4.69) is 39.8 Å². The van der Waals surface area contributed by atoms with Crippen molar-refractivity contribution in [2.75, 3.05) is 26.2 Å². The third-order valence-corrected chi connectivity index (χ3v) is 6.91. The van der Waals surface area contributed by atoms with Crippen molar-refractivity contribution in [3.8, 4) is 0 Å². The van der Waals surface area contributed by atoms with Crippen LogP contribution in [0.15, 0.2) is 47.3 Å². The number of nitrogens with one attached hydrogen (secondary N) is 2. The Morgan fingerprint density at radius 1 is 1.03 bits per heavy atom. The van der Waals surface area contributed by atoms with Crippen molar-refractivity contribution in [2.45, 2.75) is 44.3 Å². The number of likely N-dealkylation sites (tertiary alicyclic amines) is 1. The summed E-state index contributed by atoms with van der Waals surface area (Å²) < 4.78 is 1.74. The van der Waals surface area contributed by atoms with Crippen molar-refractivity contribution < 1.29 is 4.79 Å². The molecule has 6 nitrogen and oxygen atoms in total. The maximum atomic E-state index is 13.2. The number of benzene rings is 1. The smallest absolute Gasteiger partial charge is 0.251 e. The average Bonchev–Trinajstić information content (AvgIpc) is 3.27. The van der Waals surface area contributed by atoms with Crippen molar-refractivity contribution in [3.63, 3.8) is 0 Å². The summed E-state index contributed by atoms with van der Waals surface area (Å²) in [4.78, 5) is 28.3. The Balaban J connectivity index is 1.27. The summed E-state index contributed by atoms with van der Waals surface area (Å²) in [7, 11) is 0. The molecule has 0 spiro atoms. The molecule has 0 aliphatic carbocycles. The van der Waals surface area contributed by atoms with E-state index in [1.807, 2.05) is 12.1 Å². The zero-order chi connectivity index (χ0) is 20.5. The molecule has 5 rings (SSSR count). The molecule has 2 fully saturated rings. The maximum absolute atomic E-state index is 13.2. The molecule has 0 saturated carbocycles. The summed E-state index contributed by atoms with van der Waals surface area (Å²) in [5, 5.41) is 6.54. The molecule has 3 aliphatic heterocycles. The number of hydrogen-bond donors (Lipinski definition) is 2. The van der Waals surface area contributed by atoms with E-state index >= 15 is 0 Å². The average molecular weight is 407 g/mol. The lowest BCUT2D eigenvalue weighted by Gasteiger charge is -2.42. The number of fused-ring (bicyclic) bond motifs is 4. The lowest BCUT2D eigenvalue weighted by molar-refractivity contribution is -0.127. The number of pyridine rings is 1. The highest BCUT2D eigenvalue weighted by Gasteiger charge is 2.41. The highest BCUT2D eigenvalue weighted by Crippen LogP contribution is 2.38. The fourth-order valence-electron chi connectivity index (χ4n) is 5.39. The van der Waals surface area contributed by atoms with Gasteiger partial charge in [-0.25, -0.2) is 0 Å². The molecule has 2 saturated heterocycles. The molecular formula is C24H30N4O2. The van der Waals surface area contributed by atoms with Crippen LogP contribution in [0.5, 0.6) is 0 Å². The van der Waals surface area contributed by atoms with Gasteiger partial charge in [-0.3, -0.25) is 19.1 Å². The number of carbonyl (C=O) groups excluding carboxylic acids is 1. The molecule has 6 heteroatoms. The standard InChI is InChI=1S/C24H30N4O2/c29-22-5-3-4-21-19-12-20(15-25-14-19)23(28(21)22)24(30)26-13-17-6-8-18(9-7-17)16-27-10-1-2-11-27/h3-9,19-20,23,25H,1-2,10-16H2,(H,26,30)/t19-,20+,23-/m1/s1. The van der Waals surface area contributed by atoms with Crippen LogP contribution in [-0.4, -0.2) is 41.6 Å². The van der Waals surface area contributed by atoms with Crippen molar-refractivity contribution in [3.05, 3.63) is 69.6 Å². The molecule has 0 unspecified atom stereocenters. The van der Waals surface area contributed by atoms with Crippen molar-refractivity contribution in [1.82, 2.24) is 20.1 Å². The predicted molar refractivity (Wildman–Crippen MR) is 116 cm³/mol. The number of carbonyl (C=O) groups is 1. The van der Waals surface area contributed by atoms with Gasteiger partial charge >= 0.3 is 0 Å². The fraction of sp³-hybridized carbons (Fsp3) is 0.500. The Morgan fingerprint density at radius 2 is 1.80 bits per heavy atom. The number of rotatable bonds is 5. The van der Waals surface area contributed by atoms with E-state index in [9.17, 15) is 9.59 Å². The quantitative estimate of drug-likeness (QED) is 0.797. The summed E-state index contributed by atoms with van der Waals surface area (Å²) >= 11 is 0. The molecule has 1 amide bonds. The third-order valence-electron chi connectivity index (χ3n) is 6.91. The summed E-state index contributed by atoms with van der Waals surface area (Å²) in [6.45, 7) is 5.52. The van der Waals surface area contributed by atoms with E-state index in [1.54, 1.807) is 10.6 Å². The first-order valence-corrected chi connectivity index (χ1v) is 11.2. The van der Waals surface area contributed by atoms with E-state index in [-0.39, 0.29) is 17.4 Å². The van der Waals surface area contributed by atoms with Gasteiger partial charge in [0.2, 0.25) is 5.91 Å². The minimum Gasteiger partial charge on any atom is -0.350 e. The fourth-order valence-corrected chi connectivity index (χ4v) is 5.39. The Bertz CT molecular complexity index is 962. The van der Waals surface area contributed by atoms with Gasteiger partial charge in [0, 0.05) is 49.8 Å². The predicted octanol–water partition coefficient (Wildman–Crippen LogP) is 2.01. The first-order chi connectivity index (χ1) is 14.7. The van der Waals surface area contributed by atoms with E-state index in [4.69, 9.17) is 0 Å². The van der Waals surface area contributed by atoms with Gasteiger partial charge in [-0.15, -0.1) is 0 Å². The van der Waals surface area contributed by atoms with Crippen molar-refractivity contribution >= 4 is 5.91 Å². The molecule has 2 N–H and O–H groups in total. The molecule has 4 heterocycles. The highest BCUT2D eigenvalue weighted by atomic mass is 16.2. The number of hydrogen-bond acceptors (Lipinski definition) is 4. The zero-order valence-corrected chi connectivity index (χ0v) is 17.3. The van der Waals surface area contributed by atoms with Gasteiger partial charge in [-0.1, -0.05) is 30.3 Å². The second-order valence-electron chi connectivity index (χ2n) is 8.97. The lowest BCUT2D eigenvalue weighted by Crippen LogP contribution is -2.52. The van der Waals surface area contributed by atoms with Crippen LogP contribution >= 0.6 is 0 Å². The molecule has 30 heavy (non-hydrogen) atoms. The monoisotopic (exact) mass is 406 g/mol. The second kappa shape index (κ2) is 8.36. The van der Waals surface area contributed by atoms with Gasteiger partial charge in [-0.2, -0.15) is 0 Å². The molecule has 158 valence electrons. The van der Waals surface area contributed by atoms with Gasteiger partial charge in [0.15, 0.2) is 0 Å². The Morgan fingerprint density at radius 3 is 2.60 bits per heavy atom. The highest BCUT2D eigenvalue weighted by molar-refractivity contribution is 5.81. The Kier molecular flexibility index (Phi) is 5.44.